The quantitative estimate of drug-likeness (QED) is 0.609. The van der Waals surface area contributed by atoms with Crippen molar-refractivity contribution in [2.45, 2.75) is 26.7 Å². The van der Waals surface area contributed by atoms with Crippen LogP contribution in [0.1, 0.15) is 22.4 Å². The minimum absolute atomic E-state index is 0.0713. The highest BCUT2D eigenvalue weighted by Gasteiger charge is 2.14. The molecule has 2 aromatic carbocycles. The number of nitrogens with zero attached hydrogens (tertiary/aromatic N) is 1. The van der Waals surface area contributed by atoms with Crippen molar-refractivity contribution in [3.05, 3.63) is 97.4 Å². The van der Waals surface area contributed by atoms with Gasteiger partial charge < -0.3 is 14.4 Å². The van der Waals surface area contributed by atoms with Gasteiger partial charge in [0.05, 0.1) is 13.2 Å². The van der Waals surface area contributed by atoms with Gasteiger partial charge in [0.2, 0.25) is 0 Å². The number of ether oxygens (including phenoxy) is 1. The van der Waals surface area contributed by atoms with E-state index in [1.807, 2.05) is 18.2 Å². The topological polar surface area (TPSA) is 51.5 Å². The Kier molecular flexibility index (Phi) is 6.26. The molecule has 3 aromatic rings. The summed E-state index contributed by atoms with van der Waals surface area (Å²) in [5.74, 6) is -1.08. The fourth-order valence-electron chi connectivity index (χ4n) is 2.82. The second-order valence-electron chi connectivity index (χ2n) is 6.36. The van der Waals surface area contributed by atoms with Gasteiger partial charge in [0.25, 0.3) is 5.56 Å². The van der Waals surface area contributed by atoms with Crippen molar-refractivity contribution in [2.24, 2.45) is 0 Å². The number of halogens is 3. The Morgan fingerprint density at radius 3 is 2.57 bits per heavy atom. The van der Waals surface area contributed by atoms with Crippen LogP contribution in [-0.2, 0) is 19.8 Å². The van der Waals surface area contributed by atoms with Crippen LogP contribution in [0.5, 0.6) is 5.75 Å². The molecule has 0 atom stereocenters. The highest BCUT2D eigenvalue weighted by atomic mass is 79.9. The number of rotatable bonds is 6. The summed E-state index contributed by atoms with van der Waals surface area (Å²) in [5, 5.41) is 9.27. The Morgan fingerprint density at radius 2 is 1.86 bits per heavy atom. The molecule has 0 saturated carbocycles. The molecule has 0 amide bonds. The molecular weight excluding hydrogens is 432 g/mol. The van der Waals surface area contributed by atoms with Crippen molar-refractivity contribution in [2.75, 3.05) is 0 Å². The summed E-state index contributed by atoms with van der Waals surface area (Å²) in [6, 6.07) is 12.3. The lowest BCUT2D eigenvalue weighted by molar-refractivity contribution is 0.281. The molecule has 0 aliphatic rings. The number of aromatic nitrogens is 1. The Morgan fingerprint density at radius 1 is 1.11 bits per heavy atom. The molecule has 3 rings (SSSR count). The largest absolute Gasteiger partial charge is 0.487 e. The molecule has 0 aliphatic carbocycles. The van der Waals surface area contributed by atoms with E-state index in [4.69, 9.17) is 4.74 Å². The molecule has 1 N–H and O–H groups in total. The van der Waals surface area contributed by atoms with E-state index >= 15 is 0 Å². The molecule has 0 unspecified atom stereocenters. The standard InChI is InChI=1S/C21H18BrF2NO3/c1-13-7-19(28-12-16-5-6-17(23)9-18(16)24)20(22)21(27)25(13)10-14-3-2-4-15(8-14)11-26/h2-9,26H,10-12H2,1H3. The lowest BCUT2D eigenvalue weighted by atomic mass is 10.1. The van der Waals surface area contributed by atoms with E-state index in [-0.39, 0.29) is 34.6 Å². The van der Waals surface area contributed by atoms with Crippen molar-refractivity contribution >= 4 is 15.9 Å². The maximum atomic E-state index is 13.8. The number of aliphatic hydroxyl groups excluding tert-OH is 1. The van der Waals surface area contributed by atoms with Gasteiger partial charge in [-0.15, -0.1) is 0 Å². The highest BCUT2D eigenvalue weighted by molar-refractivity contribution is 9.10. The van der Waals surface area contributed by atoms with Gasteiger partial charge in [0.1, 0.15) is 28.5 Å². The number of hydrogen-bond donors (Lipinski definition) is 1. The van der Waals surface area contributed by atoms with Crippen molar-refractivity contribution in [1.82, 2.24) is 4.57 Å². The van der Waals surface area contributed by atoms with Crippen LogP contribution in [0.25, 0.3) is 0 Å². The van der Waals surface area contributed by atoms with Gasteiger partial charge in [0, 0.05) is 23.4 Å². The summed E-state index contributed by atoms with van der Waals surface area (Å²) < 4.78 is 34.2. The van der Waals surface area contributed by atoms with Crippen LogP contribution in [0.2, 0.25) is 0 Å². The zero-order valence-corrected chi connectivity index (χ0v) is 16.7. The molecule has 0 radical (unpaired) electrons. The lowest BCUT2D eigenvalue weighted by Crippen LogP contribution is -2.24. The molecule has 1 heterocycles. The van der Waals surface area contributed by atoms with Crippen LogP contribution < -0.4 is 10.3 Å². The van der Waals surface area contributed by atoms with Crippen LogP contribution in [0.15, 0.2) is 57.8 Å². The van der Waals surface area contributed by atoms with Crippen LogP contribution in [0.3, 0.4) is 0 Å². The summed E-state index contributed by atoms with van der Waals surface area (Å²) in [6.07, 6.45) is 0. The number of hydrogen-bond acceptors (Lipinski definition) is 3. The maximum Gasteiger partial charge on any atom is 0.269 e. The zero-order valence-electron chi connectivity index (χ0n) is 15.1. The predicted molar refractivity (Wildman–Crippen MR) is 105 cm³/mol. The van der Waals surface area contributed by atoms with E-state index in [1.54, 1.807) is 23.6 Å². The molecule has 4 nitrogen and oxygen atoms in total. The van der Waals surface area contributed by atoms with Crippen LogP contribution in [0.4, 0.5) is 8.78 Å². The molecule has 0 fully saturated rings. The van der Waals surface area contributed by atoms with E-state index in [9.17, 15) is 18.7 Å². The van der Waals surface area contributed by atoms with Crippen molar-refractivity contribution < 1.29 is 18.6 Å². The molecule has 28 heavy (non-hydrogen) atoms. The van der Waals surface area contributed by atoms with E-state index in [0.29, 0.717) is 12.2 Å². The normalized spacial score (nSPS) is 10.9. The molecular formula is C21H18BrF2NO3. The Bertz CT molecular complexity index is 1070. The fraction of sp³-hybridized carbons (Fsp3) is 0.190. The summed E-state index contributed by atoms with van der Waals surface area (Å²) in [6.45, 7) is 1.91. The maximum absolute atomic E-state index is 13.8. The average molecular weight is 450 g/mol. The monoisotopic (exact) mass is 449 g/mol. The first-order valence-corrected chi connectivity index (χ1v) is 9.33. The molecule has 1 aromatic heterocycles. The highest BCUT2D eigenvalue weighted by Crippen LogP contribution is 2.24. The zero-order chi connectivity index (χ0) is 20.3. The summed E-state index contributed by atoms with van der Waals surface area (Å²) in [4.78, 5) is 12.8. The summed E-state index contributed by atoms with van der Waals surface area (Å²) >= 11 is 3.26. The van der Waals surface area contributed by atoms with Gasteiger partial charge in [-0.25, -0.2) is 8.78 Å². The number of benzene rings is 2. The molecule has 0 aliphatic heterocycles. The third-order valence-electron chi connectivity index (χ3n) is 4.33. The molecule has 7 heteroatoms. The van der Waals surface area contributed by atoms with Gasteiger partial charge in [0.15, 0.2) is 0 Å². The Labute approximate surface area is 169 Å². The SMILES string of the molecule is Cc1cc(OCc2ccc(F)cc2F)c(Br)c(=O)n1Cc1cccc(CO)c1. The van der Waals surface area contributed by atoms with Gasteiger partial charge in [-0.3, -0.25) is 4.79 Å². The third-order valence-corrected chi connectivity index (χ3v) is 5.06. The number of aliphatic hydroxyl groups is 1. The van der Waals surface area contributed by atoms with Crippen LogP contribution >= 0.6 is 15.9 Å². The third kappa shape index (κ3) is 4.48. The molecule has 146 valence electrons. The van der Waals surface area contributed by atoms with Crippen molar-refractivity contribution in [3.8, 4) is 5.75 Å². The lowest BCUT2D eigenvalue weighted by Gasteiger charge is -2.15. The van der Waals surface area contributed by atoms with Gasteiger partial charge in [-0.05, 0) is 46.1 Å². The summed E-state index contributed by atoms with van der Waals surface area (Å²) in [5.41, 5.74) is 2.21. The molecule has 0 bridgehead atoms. The van der Waals surface area contributed by atoms with Crippen LogP contribution in [-0.4, -0.2) is 9.67 Å². The van der Waals surface area contributed by atoms with Gasteiger partial charge in [-0.1, -0.05) is 24.3 Å². The van der Waals surface area contributed by atoms with Gasteiger partial charge in [-0.2, -0.15) is 0 Å². The Balaban J connectivity index is 1.84. The second kappa shape index (κ2) is 8.67. The Hall–Kier alpha value is -2.51. The van der Waals surface area contributed by atoms with Crippen molar-refractivity contribution in [3.63, 3.8) is 0 Å². The van der Waals surface area contributed by atoms with E-state index in [2.05, 4.69) is 15.9 Å². The van der Waals surface area contributed by atoms with Crippen LogP contribution in [0, 0.1) is 18.6 Å². The smallest absolute Gasteiger partial charge is 0.269 e. The minimum atomic E-state index is -0.704. The first-order chi connectivity index (χ1) is 13.4. The first-order valence-electron chi connectivity index (χ1n) is 8.54. The second-order valence-corrected chi connectivity index (χ2v) is 7.15. The summed E-state index contributed by atoms with van der Waals surface area (Å²) in [7, 11) is 0. The average Bonchev–Trinajstić information content (AvgIpc) is 2.68. The first kappa shape index (κ1) is 20.2. The number of pyridine rings is 1. The number of aryl methyl sites for hydroxylation is 1. The molecule has 0 spiro atoms. The predicted octanol–water partition coefficient (Wildman–Crippen LogP) is 4.32. The van der Waals surface area contributed by atoms with E-state index in [0.717, 1.165) is 23.3 Å². The minimum Gasteiger partial charge on any atom is -0.487 e. The fourth-order valence-corrected chi connectivity index (χ4v) is 3.26. The van der Waals surface area contributed by atoms with E-state index < -0.39 is 11.6 Å². The molecule has 0 saturated heterocycles. The van der Waals surface area contributed by atoms with E-state index in [1.165, 1.54) is 6.07 Å². The van der Waals surface area contributed by atoms with Gasteiger partial charge >= 0.3 is 0 Å². The van der Waals surface area contributed by atoms with Crippen molar-refractivity contribution in [1.29, 1.82) is 0 Å².